The van der Waals surface area contributed by atoms with E-state index in [0.29, 0.717) is 35.3 Å². The normalized spacial score (nSPS) is 12.9. The van der Waals surface area contributed by atoms with Gasteiger partial charge in [0.05, 0.1) is 22.2 Å². The zero-order valence-electron chi connectivity index (χ0n) is 22.3. The quantitative estimate of drug-likeness (QED) is 0.231. The van der Waals surface area contributed by atoms with Gasteiger partial charge < -0.3 is 20.6 Å². The van der Waals surface area contributed by atoms with Gasteiger partial charge in [0.25, 0.3) is 0 Å². The predicted octanol–water partition coefficient (Wildman–Crippen LogP) is 4.57. The van der Waals surface area contributed by atoms with E-state index < -0.39 is 16.0 Å². The molecule has 208 valence electrons. The van der Waals surface area contributed by atoms with Crippen molar-refractivity contribution in [3.05, 3.63) is 101 Å². The van der Waals surface area contributed by atoms with Crippen LogP contribution in [0.3, 0.4) is 0 Å². The van der Waals surface area contributed by atoms with E-state index in [2.05, 4.69) is 10.6 Å². The lowest BCUT2D eigenvalue weighted by molar-refractivity contribution is 0.100. The molecule has 0 unspecified atom stereocenters. The summed E-state index contributed by atoms with van der Waals surface area (Å²) in [5, 5.41) is 7.10. The lowest BCUT2D eigenvalue weighted by Gasteiger charge is -2.22. The van der Waals surface area contributed by atoms with Gasteiger partial charge in [0.2, 0.25) is 11.9 Å². The Morgan fingerprint density at radius 2 is 1.76 bits per heavy atom. The van der Waals surface area contributed by atoms with E-state index in [4.69, 9.17) is 19.9 Å². The SMILES string of the molecule is Cc1c(OS(=O)(=O)c2ccccc2)c2c(C(N)=O)cccc2n1-c1nc2c(c(NCc3ccccc3)n1)CCCN2. The summed E-state index contributed by atoms with van der Waals surface area (Å²) < 4.78 is 34.0. The maximum Gasteiger partial charge on any atom is 0.339 e. The van der Waals surface area contributed by atoms with Crippen molar-refractivity contribution >= 4 is 38.6 Å². The number of fused-ring (bicyclic) bond motifs is 2. The second-order valence-corrected chi connectivity index (χ2v) is 11.3. The van der Waals surface area contributed by atoms with Gasteiger partial charge in [-0.05, 0) is 49.6 Å². The molecule has 0 bridgehead atoms. The van der Waals surface area contributed by atoms with Crippen molar-refractivity contribution < 1.29 is 17.4 Å². The van der Waals surface area contributed by atoms with Gasteiger partial charge in [0.1, 0.15) is 16.5 Å². The number of benzene rings is 3. The number of amides is 1. The van der Waals surface area contributed by atoms with Crippen molar-refractivity contribution in [2.75, 3.05) is 17.2 Å². The summed E-state index contributed by atoms with van der Waals surface area (Å²) in [4.78, 5) is 22.2. The van der Waals surface area contributed by atoms with Gasteiger partial charge in [-0.15, -0.1) is 0 Å². The fraction of sp³-hybridized carbons (Fsp3) is 0.167. The molecule has 3 aromatic carbocycles. The van der Waals surface area contributed by atoms with Gasteiger partial charge in [-0.25, -0.2) is 0 Å². The third kappa shape index (κ3) is 4.95. The van der Waals surface area contributed by atoms with Gasteiger partial charge in [0, 0.05) is 18.7 Å². The van der Waals surface area contributed by atoms with E-state index >= 15 is 0 Å². The summed E-state index contributed by atoms with van der Waals surface area (Å²) in [6, 6.07) is 22.8. The minimum Gasteiger partial charge on any atom is -0.376 e. The number of nitrogens with one attached hydrogen (secondary N) is 2. The average Bonchev–Trinajstić information content (AvgIpc) is 3.27. The van der Waals surface area contributed by atoms with Crippen LogP contribution >= 0.6 is 0 Å². The molecule has 6 rings (SSSR count). The Balaban J connectivity index is 1.53. The molecule has 0 spiro atoms. The van der Waals surface area contributed by atoms with Crippen LogP contribution in [0, 0.1) is 6.92 Å². The van der Waals surface area contributed by atoms with Crippen LogP contribution in [0.4, 0.5) is 11.6 Å². The van der Waals surface area contributed by atoms with Crippen LogP contribution in [0.25, 0.3) is 16.9 Å². The van der Waals surface area contributed by atoms with Crippen LogP contribution in [0.2, 0.25) is 0 Å². The number of carbonyl (C=O) groups excluding carboxylic acids is 1. The summed E-state index contributed by atoms with van der Waals surface area (Å²) in [6.07, 6.45) is 1.75. The molecular formula is C30H28N6O4S. The van der Waals surface area contributed by atoms with Crippen LogP contribution in [0.15, 0.2) is 83.8 Å². The Morgan fingerprint density at radius 1 is 1.02 bits per heavy atom. The molecule has 10 nitrogen and oxygen atoms in total. The molecule has 0 saturated heterocycles. The molecule has 11 heteroatoms. The largest absolute Gasteiger partial charge is 0.376 e. The summed E-state index contributed by atoms with van der Waals surface area (Å²) in [5.74, 6) is 0.945. The second-order valence-electron chi connectivity index (χ2n) is 9.73. The van der Waals surface area contributed by atoms with E-state index in [-0.39, 0.29) is 21.6 Å². The Hall–Kier alpha value is -4.90. The standard InChI is InChI=1S/C30H28N6O4S/c1-19-26(40-41(38,39)21-12-6-3-7-13-21)25-22(27(31)37)14-8-16-24(25)36(19)30-34-28-23(15-9-17-32-28)29(35-30)33-18-20-10-4-2-5-11-20/h2-8,10-14,16H,9,15,17-18H2,1H3,(H2,31,37)(H2,32,33,34,35). The minimum atomic E-state index is -4.23. The summed E-state index contributed by atoms with van der Waals surface area (Å²) >= 11 is 0. The summed E-state index contributed by atoms with van der Waals surface area (Å²) in [7, 11) is -4.23. The van der Waals surface area contributed by atoms with E-state index in [1.165, 1.54) is 12.1 Å². The Kier molecular flexibility index (Phi) is 6.80. The fourth-order valence-corrected chi connectivity index (χ4v) is 6.10. The number of aromatic nitrogens is 3. The number of hydrogen-bond acceptors (Lipinski definition) is 8. The third-order valence-electron chi connectivity index (χ3n) is 7.06. The van der Waals surface area contributed by atoms with E-state index in [1.807, 2.05) is 30.3 Å². The highest BCUT2D eigenvalue weighted by molar-refractivity contribution is 7.87. The van der Waals surface area contributed by atoms with Gasteiger partial charge in [-0.3, -0.25) is 9.36 Å². The highest BCUT2D eigenvalue weighted by Crippen LogP contribution is 2.39. The number of hydrogen-bond donors (Lipinski definition) is 3. The van der Waals surface area contributed by atoms with Gasteiger partial charge in [-0.1, -0.05) is 54.6 Å². The zero-order valence-corrected chi connectivity index (χ0v) is 23.1. The Labute approximate surface area is 237 Å². The smallest absolute Gasteiger partial charge is 0.339 e. The highest BCUT2D eigenvalue weighted by Gasteiger charge is 2.28. The fourth-order valence-electron chi connectivity index (χ4n) is 5.09. The van der Waals surface area contributed by atoms with Crippen LogP contribution in [0.5, 0.6) is 5.75 Å². The summed E-state index contributed by atoms with van der Waals surface area (Å²) in [5.41, 5.74) is 8.82. The van der Waals surface area contributed by atoms with E-state index in [0.717, 1.165) is 30.5 Å². The van der Waals surface area contributed by atoms with Crippen molar-refractivity contribution in [3.63, 3.8) is 0 Å². The van der Waals surface area contributed by atoms with Crippen molar-refractivity contribution in [1.82, 2.24) is 14.5 Å². The lowest BCUT2D eigenvalue weighted by atomic mass is 10.1. The van der Waals surface area contributed by atoms with Gasteiger partial charge in [0.15, 0.2) is 5.75 Å². The predicted molar refractivity (Wildman–Crippen MR) is 157 cm³/mol. The highest BCUT2D eigenvalue weighted by atomic mass is 32.2. The number of anilines is 2. The number of nitrogens with two attached hydrogens (primary N) is 1. The van der Waals surface area contributed by atoms with E-state index in [9.17, 15) is 13.2 Å². The van der Waals surface area contributed by atoms with Crippen LogP contribution in [0.1, 0.15) is 33.6 Å². The Bertz CT molecular complexity index is 1870. The maximum absolute atomic E-state index is 13.3. The van der Waals surface area contributed by atoms with Crippen LogP contribution in [-0.2, 0) is 23.1 Å². The molecule has 0 fully saturated rings. The molecule has 41 heavy (non-hydrogen) atoms. The molecule has 0 aliphatic carbocycles. The van der Waals surface area contributed by atoms with Crippen molar-refractivity contribution in [1.29, 1.82) is 0 Å². The molecule has 0 saturated carbocycles. The monoisotopic (exact) mass is 568 g/mol. The van der Waals surface area contributed by atoms with Crippen molar-refractivity contribution in [2.24, 2.45) is 5.73 Å². The molecule has 1 aliphatic rings. The first kappa shape index (κ1) is 26.3. The molecular weight excluding hydrogens is 540 g/mol. The number of carbonyl (C=O) groups is 1. The first-order valence-electron chi connectivity index (χ1n) is 13.2. The molecule has 0 atom stereocenters. The van der Waals surface area contributed by atoms with E-state index in [1.54, 1.807) is 47.9 Å². The van der Waals surface area contributed by atoms with Crippen molar-refractivity contribution in [2.45, 2.75) is 31.2 Å². The van der Waals surface area contributed by atoms with Gasteiger partial charge in [-0.2, -0.15) is 18.4 Å². The molecule has 2 aromatic heterocycles. The lowest BCUT2D eigenvalue weighted by Crippen LogP contribution is -2.19. The first-order valence-corrected chi connectivity index (χ1v) is 14.6. The maximum atomic E-state index is 13.3. The first-order chi connectivity index (χ1) is 19.8. The number of rotatable bonds is 8. The number of primary amides is 1. The average molecular weight is 569 g/mol. The number of nitrogens with zero attached hydrogens (tertiary/aromatic N) is 3. The molecule has 1 amide bonds. The van der Waals surface area contributed by atoms with Crippen LogP contribution in [-0.4, -0.2) is 35.4 Å². The topological polar surface area (TPSA) is 141 Å². The molecule has 4 N–H and O–H groups in total. The van der Waals surface area contributed by atoms with Crippen molar-refractivity contribution in [3.8, 4) is 11.7 Å². The zero-order chi connectivity index (χ0) is 28.6. The second kappa shape index (κ2) is 10.6. The van der Waals surface area contributed by atoms with Gasteiger partial charge >= 0.3 is 10.1 Å². The Morgan fingerprint density at radius 3 is 2.49 bits per heavy atom. The van der Waals surface area contributed by atoms with Crippen LogP contribution < -0.4 is 20.6 Å². The molecule has 5 aromatic rings. The molecule has 0 radical (unpaired) electrons. The minimum absolute atomic E-state index is 0.00803. The molecule has 1 aliphatic heterocycles. The third-order valence-corrected chi connectivity index (χ3v) is 8.29. The molecule has 3 heterocycles. The summed E-state index contributed by atoms with van der Waals surface area (Å²) in [6.45, 7) is 3.03.